The van der Waals surface area contributed by atoms with Crippen LogP contribution in [0, 0.1) is 0 Å². The Hall–Kier alpha value is -3.32. The zero-order valence-electron chi connectivity index (χ0n) is 18.1. The maximum atomic E-state index is 13.4. The van der Waals surface area contributed by atoms with Gasteiger partial charge in [0.2, 0.25) is 5.91 Å². The van der Waals surface area contributed by atoms with Crippen LogP contribution >= 0.6 is 11.3 Å². The minimum atomic E-state index is -0.602. The van der Waals surface area contributed by atoms with Gasteiger partial charge in [-0.2, -0.15) is 0 Å². The Labute approximate surface area is 192 Å². The van der Waals surface area contributed by atoms with Crippen molar-refractivity contribution in [1.29, 1.82) is 0 Å². The first-order chi connectivity index (χ1) is 15.6. The number of piperazine rings is 1. The number of carbonyl (C=O) groups is 2. The van der Waals surface area contributed by atoms with Crippen LogP contribution in [0.1, 0.15) is 15.2 Å². The Kier molecular flexibility index (Phi) is 7.07. The number of nitrogens with zero attached hydrogens (tertiary/aromatic N) is 2. The predicted molar refractivity (Wildman–Crippen MR) is 128 cm³/mol. The number of thiophene rings is 1. The van der Waals surface area contributed by atoms with Crippen LogP contribution in [-0.4, -0.2) is 56.0 Å². The maximum absolute atomic E-state index is 13.4. The summed E-state index contributed by atoms with van der Waals surface area (Å²) in [5.74, 6) is 0.577. The Morgan fingerprint density at radius 1 is 1.00 bits per heavy atom. The summed E-state index contributed by atoms with van der Waals surface area (Å²) >= 11 is 1.37. The number of hydrogen-bond acceptors (Lipinski definition) is 5. The second kappa shape index (κ2) is 10.3. The van der Waals surface area contributed by atoms with Crippen LogP contribution in [-0.2, 0) is 11.2 Å². The highest BCUT2D eigenvalue weighted by molar-refractivity contribution is 7.12. The van der Waals surface area contributed by atoms with Gasteiger partial charge in [0.25, 0.3) is 5.91 Å². The average molecular weight is 450 g/mol. The van der Waals surface area contributed by atoms with E-state index in [4.69, 9.17) is 4.74 Å². The lowest BCUT2D eigenvalue weighted by molar-refractivity contribution is -0.133. The van der Waals surface area contributed by atoms with Crippen LogP contribution in [0.5, 0.6) is 5.75 Å². The van der Waals surface area contributed by atoms with Crippen molar-refractivity contribution in [2.45, 2.75) is 12.5 Å². The number of rotatable bonds is 7. The van der Waals surface area contributed by atoms with E-state index in [0.717, 1.165) is 30.1 Å². The molecule has 0 radical (unpaired) electrons. The molecule has 1 aliphatic rings. The van der Waals surface area contributed by atoms with Gasteiger partial charge < -0.3 is 19.9 Å². The number of methoxy groups -OCH3 is 1. The van der Waals surface area contributed by atoms with E-state index in [-0.39, 0.29) is 11.8 Å². The van der Waals surface area contributed by atoms with E-state index in [1.165, 1.54) is 11.3 Å². The van der Waals surface area contributed by atoms with E-state index in [0.29, 0.717) is 24.4 Å². The highest BCUT2D eigenvalue weighted by atomic mass is 32.1. The van der Waals surface area contributed by atoms with Crippen LogP contribution in [0.2, 0.25) is 0 Å². The molecular formula is C25H27N3O3S. The van der Waals surface area contributed by atoms with Gasteiger partial charge in [0.05, 0.1) is 12.0 Å². The molecule has 1 aliphatic heterocycles. The Morgan fingerprint density at radius 3 is 2.47 bits per heavy atom. The monoisotopic (exact) mass is 449 g/mol. The number of benzene rings is 2. The molecule has 2 heterocycles. The first kappa shape index (κ1) is 21.9. The topological polar surface area (TPSA) is 61.9 Å². The molecule has 1 fully saturated rings. The SMILES string of the molecule is COc1cccc(N2CCN(C(=O)C(Cc3ccccc3)NC(=O)c3cccs3)CC2)c1. The Morgan fingerprint density at radius 2 is 1.78 bits per heavy atom. The van der Waals surface area contributed by atoms with Crippen LogP contribution in [0.3, 0.4) is 0 Å². The fourth-order valence-electron chi connectivity index (χ4n) is 3.90. The summed E-state index contributed by atoms with van der Waals surface area (Å²) in [7, 11) is 1.66. The third-order valence-corrected chi connectivity index (χ3v) is 6.51. The standard InChI is InChI=1S/C25H27N3O3S/c1-31-21-10-5-9-20(18-21)27-12-14-28(15-13-27)25(30)22(17-19-7-3-2-4-8-19)26-24(29)23-11-6-16-32-23/h2-11,16,18,22H,12-15,17H2,1H3,(H,26,29). The van der Waals surface area contributed by atoms with Crippen molar-refractivity contribution in [2.75, 3.05) is 38.2 Å². The molecule has 3 aromatic rings. The molecule has 166 valence electrons. The van der Waals surface area contributed by atoms with E-state index in [9.17, 15) is 9.59 Å². The summed E-state index contributed by atoms with van der Waals surface area (Å²) in [4.78, 5) is 30.8. The number of nitrogens with one attached hydrogen (secondary N) is 1. The molecule has 1 N–H and O–H groups in total. The molecule has 6 nitrogen and oxygen atoms in total. The van der Waals surface area contributed by atoms with Crippen molar-refractivity contribution in [3.63, 3.8) is 0 Å². The molecule has 32 heavy (non-hydrogen) atoms. The highest BCUT2D eigenvalue weighted by Gasteiger charge is 2.29. The molecule has 1 atom stereocenters. The van der Waals surface area contributed by atoms with E-state index >= 15 is 0 Å². The molecule has 1 unspecified atom stereocenters. The Bertz CT molecular complexity index is 1030. The second-order valence-electron chi connectivity index (χ2n) is 7.71. The van der Waals surface area contributed by atoms with Gasteiger partial charge in [-0.1, -0.05) is 42.5 Å². The summed E-state index contributed by atoms with van der Waals surface area (Å²) in [6, 6.07) is 20.8. The van der Waals surface area contributed by atoms with Gasteiger partial charge in [-0.15, -0.1) is 11.3 Å². The first-order valence-corrected chi connectivity index (χ1v) is 11.6. The van der Waals surface area contributed by atoms with Crippen molar-refractivity contribution in [3.05, 3.63) is 82.6 Å². The summed E-state index contributed by atoms with van der Waals surface area (Å²) in [6.07, 6.45) is 0.465. The zero-order valence-corrected chi connectivity index (χ0v) is 18.9. The largest absolute Gasteiger partial charge is 0.497 e. The lowest BCUT2D eigenvalue weighted by Crippen LogP contribution is -2.55. The van der Waals surface area contributed by atoms with Crippen molar-refractivity contribution < 1.29 is 14.3 Å². The molecule has 2 aromatic carbocycles. The summed E-state index contributed by atoms with van der Waals surface area (Å²) < 4.78 is 5.33. The van der Waals surface area contributed by atoms with Gasteiger partial charge in [0, 0.05) is 44.4 Å². The van der Waals surface area contributed by atoms with E-state index < -0.39 is 6.04 Å². The maximum Gasteiger partial charge on any atom is 0.262 e. The van der Waals surface area contributed by atoms with Crippen LogP contribution in [0.25, 0.3) is 0 Å². The number of amides is 2. The van der Waals surface area contributed by atoms with Crippen LogP contribution in [0.4, 0.5) is 5.69 Å². The Balaban J connectivity index is 1.44. The smallest absolute Gasteiger partial charge is 0.262 e. The zero-order chi connectivity index (χ0) is 22.3. The average Bonchev–Trinajstić information content (AvgIpc) is 3.39. The lowest BCUT2D eigenvalue weighted by atomic mass is 10.0. The number of hydrogen-bond donors (Lipinski definition) is 1. The normalized spacial score (nSPS) is 14.7. The van der Waals surface area contributed by atoms with Gasteiger partial charge in [-0.25, -0.2) is 0 Å². The van der Waals surface area contributed by atoms with E-state index in [2.05, 4.69) is 16.3 Å². The third kappa shape index (κ3) is 5.29. The first-order valence-electron chi connectivity index (χ1n) is 10.7. The van der Waals surface area contributed by atoms with Crippen molar-refractivity contribution in [1.82, 2.24) is 10.2 Å². The quantitative estimate of drug-likeness (QED) is 0.600. The van der Waals surface area contributed by atoms with Crippen molar-refractivity contribution in [3.8, 4) is 5.75 Å². The molecule has 7 heteroatoms. The lowest BCUT2D eigenvalue weighted by Gasteiger charge is -2.37. The van der Waals surface area contributed by atoms with Crippen LogP contribution < -0.4 is 15.0 Å². The van der Waals surface area contributed by atoms with Gasteiger partial charge in [0.1, 0.15) is 11.8 Å². The number of ether oxygens (including phenoxy) is 1. The molecule has 0 spiro atoms. The van der Waals surface area contributed by atoms with E-state index in [1.807, 2.05) is 64.9 Å². The molecule has 1 saturated heterocycles. The summed E-state index contributed by atoms with van der Waals surface area (Å²) in [5.41, 5.74) is 2.11. The fraction of sp³-hybridized carbons (Fsp3) is 0.280. The van der Waals surface area contributed by atoms with Crippen molar-refractivity contribution in [2.24, 2.45) is 0 Å². The molecule has 0 aliphatic carbocycles. The second-order valence-corrected chi connectivity index (χ2v) is 8.65. The number of anilines is 1. The third-order valence-electron chi connectivity index (χ3n) is 5.64. The minimum absolute atomic E-state index is 0.0379. The minimum Gasteiger partial charge on any atom is -0.497 e. The summed E-state index contributed by atoms with van der Waals surface area (Å²) in [6.45, 7) is 2.68. The molecule has 4 rings (SSSR count). The highest BCUT2D eigenvalue weighted by Crippen LogP contribution is 2.22. The van der Waals surface area contributed by atoms with Gasteiger partial charge >= 0.3 is 0 Å². The van der Waals surface area contributed by atoms with E-state index in [1.54, 1.807) is 13.2 Å². The summed E-state index contributed by atoms with van der Waals surface area (Å²) in [5, 5.41) is 4.83. The predicted octanol–water partition coefficient (Wildman–Crippen LogP) is 3.45. The van der Waals surface area contributed by atoms with Gasteiger partial charge in [-0.05, 0) is 29.1 Å². The molecule has 0 saturated carbocycles. The molecule has 1 aromatic heterocycles. The van der Waals surface area contributed by atoms with Gasteiger partial charge in [-0.3, -0.25) is 9.59 Å². The molecule has 0 bridgehead atoms. The van der Waals surface area contributed by atoms with Crippen LogP contribution in [0.15, 0.2) is 72.1 Å². The van der Waals surface area contributed by atoms with Crippen molar-refractivity contribution >= 4 is 28.8 Å². The molecule has 2 amide bonds. The van der Waals surface area contributed by atoms with Gasteiger partial charge in [0.15, 0.2) is 0 Å². The molecular weight excluding hydrogens is 422 g/mol. The fourth-order valence-corrected chi connectivity index (χ4v) is 4.53. The number of carbonyl (C=O) groups excluding carboxylic acids is 2.